The van der Waals surface area contributed by atoms with Gasteiger partial charge >= 0.3 is 0 Å². The molecule has 1 N–H and O–H groups in total. The first-order valence-corrected chi connectivity index (χ1v) is 10.8. The van der Waals surface area contributed by atoms with Crippen LogP contribution in [0.4, 0.5) is 11.5 Å². The number of benzene rings is 1. The molecule has 0 atom stereocenters. The molecule has 8 nitrogen and oxygen atoms in total. The van der Waals surface area contributed by atoms with Crippen LogP contribution >= 0.6 is 11.6 Å². The Morgan fingerprint density at radius 3 is 2.77 bits per heavy atom. The molecular formula is C22H26ClN5O3. The topological polar surface area (TPSA) is 81.6 Å². The van der Waals surface area contributed by atoms with Crippen LogP contribution in [0.2, 0.25) is 0 Å². The van der Waals surface area contributed by atoms with Gasteiger partial charge in [-0.15, -0.1) is 11.6 Å². The summed E-state index contributed by atoms with van der Waals surface area (Å²) < 4.78 is 17.0. The van der Waals surface area contributed by atoms with Gasteiger partial charge < -0.3 is 19.5 Å². The van der Waals surface area contributed by atoms with Gasteiger partial charge in [-0.05, 0) is 24.6 Å². The average Bonchev–Trinajstić information content (AvgIpc) is 2.82. The van der Waals surface area contributed by atoms with Crippen molar-refractivity contribution in [1.82, 2.24) is 19.9 Å². The largest absolute Gasteiger partial charge is 0.493 e. The number of nitrogens with one attached hydrogen (secondary N) is 1. The maximum atomic E-state index is 6.04. The lowest BCUT2D eigenvalue weighted by Crippen LogP contribution is -2.37. The molecule has 1 saturated heterocycles. The van der Waals surface area contributed by atoms with E-state index in [2.05, 4.69) is 25.2 Å². The Bertz CT molecular complexity index is 1010. The Kier molecular flexibility index (Phi) is 7.35. The lowest BCUT2D eigenvalue weighted by atomic mass is 10.1. The Morgan fingerprint density at radius 1 is 1.13 bits per heavy atom. The average molecular weight is 444 g/mol. The molecule has 0 aliphatic carbocycles. The lowest BCUT2D eigenvalue weighted by Gasteiger charge is -2.26. The van der Waals surface area contributed by atoms with Crippen LogP contribution in [0.3, 0.4) is 0 Å². The van der Waals surface area contributed by atoms with E-state index in [0.717, 1.165) is 55.9 Å². The molecule has 3 heterocycles. The van der Waals surface area contributed by atoms with Crippen molar-refractivity contribution in [3.05, 3.63) is 42.5 Å². The highest BCUT2D eigenvalue weighted by atomic mass is 35.5. The summed E-state index contributed by atoms with van der Waals surface area (Å²) in [4.78, 5) is 15.4. The van der Waals surface area contributed by atoms with E-state index in [4.69, 9.17) is 25.8 Å². The fourth-order valence-electron chi connectivity index (χ4n) is 3.50. The molecule has 9 heteroatoms. The van der Waals surface area contributed by atoms with Crippen LogP contribution in [0, 0.1) is 0 Å². The van der Waals surface area contributed by atoms with Crippen LogP contribution in [-0.2, 0) is 10.6 Å². The minimum atomic E-state index is 0.257. The third kappa shape index (κ3) is 5.52. The minimum absolute atomic E-state index is 0.257. The van der Waals surface area contributed by atoms with Gasteiger partial charge in [0.1, 0.15) is 11.6 Å². The fraction of sp³-hybridized carbons (Fsp3) is 0.409. The lowest BCUT2D eigenvalue weighted by molar-refractivity contribution is 0.0357. The maximum Gasteiger partial charge on any atom is 0.163 e. The summed E-state index contributed by atoms with van der Waals surface area (Å²) >= 11 is 5.85. The summed E-state index contributed by atoms with van der Waals surface area (Å²) in [5, 5.41) is 4.23. The monoisotopic (exact) mass is 443 g/mol. The Labute approximate surface area is 186 Å². The number of fused-ring (bicyclic) bond motifs is 1. The molecule has 164 valence electrons. The molecule has 1 aromatic carbocycles. The highest BCUT2D eigenvalue weighted by Gasteiger charge is 2.13. The van der Waals surface area contributed by atoms with Crippen LogP contribution in [0.1, 0.15) is 12.2 Å². The zero-order chi connectivity index (χ0) is 21.5. The summed E-state index contributed by atoms with van der Waals surface area (Å²) in [6.07, 6.45) is 4.37. The summed E-state index contributed by atoms with van der Waals surface area (Å²) in [5.41, 5.74) is 1.67. The quantitative estimate of drug-likeness (QED) is 0.396. The van der Waals surface area contributed by atoms with E-state index in [0.29, 0.717) is 29.7 Å². The molecule has 0 spiro atoms. The third-order valence-corrected chi connectivity index (χ3v) is 5.33. The number of anilines is 2. The van der Waals surface area contributed by atoms with E-state index in [1.54, 1.807) is 25.6 Å². The van der Waals surface area contributed by atoms with E-state index in [1.807, 2.05) is 18.2 Å². The molecule has 0 saturated carbocycles. The molecule has 2 aromatic heterocycles. The second-order valence-corrected chi connectivity index (χ2v) is 7.42. The van der Waals surface area contributed by atoms with Gasteiger partial charge in [-0.1, -0.05) is 0 Å². The van der Waals surface area contributed by atoms with Crippen molar-refractivity contribution in [2.45, 2.75) is 12.3 Å². The number of ether oxygens (including phenoxy) is 3. The second kappa shape index (κ2) is 10.6. The second-order valence-electron chi connectivity index (χ2n) is 7.15. The Hall–Kier alpha value is -2.68. The maximum absolute atomic E-state index is 6.04. The number of pyridine rings is 1. The highest BCUT2D eigenvalue weighted by Crippen LogP contribution is 2.35. The zero-order valence-corrected chi connectivity index (χ0v) is 18.3. The molecule has 4 rings (SSSR count). The van der Waals surface area contributed by atoms with Crippen molar-refractivity contribution in [1.29, 1.82) is 0 Å². The first-order valence-electron chi connectivity index (χ1n) is 10.3. The van der Waals surface area contributed by atoms with E-state index in [-0.39, 0.29) is 5.88 Å². The van der Waals surface area contributed by atoms with Gasteiger partial charge in [-0.2, -0.15) is 0 Å². The van der Waals surface area contributed by atoms with Crippen molar-refractivity contribution >= 4 is 34.0 Å². The molecule has 0 unspecified atom stereocenters. The van der Waals surface area contributed by atoms with Crippen LogP contribution < -0.4 is 14.8 Å². The number of hydrogen-bond donors (Lipinski definition) is 1. The van der Waals surface area contributed by atoms with Crippen LogP contribution in [0.5, 0.6) is 11.5 Å². The van der Waals surface area contributed by atoms with E-state index < -0.39 is 0 Å². The normalized spacial score (nSPS) is 14.5. The number of morpholine rings is 1. The van der Waals surface area contributed by atoms with Gasteiger partial charge in [0.15, 0.2) is 11.5 Å². The number of rotatable bonds is 9. The van der Waals surface area contributed by atoms with E-state index in [1.165, 1.54) is 0 Å². The Balaban J connectivity index is 1.48. The smallest absolute Gasteiger partial charge is 0.163 e. The number of nitrogens with zero attached hydrogens (tertiary/aromatic N) is 4. The van der Waals surface area contributed by atoms with Crippen molar-refractivity contribution in [2.75, 3.05) is 51.9 Å². The van der Waals surface area contributed by atoms with Gasteiger partial charge in [-0.3, -0.25) is 9.88 Å². The van der Waals surface area contributed by atoms with Gasteiger partial charge in [-0.25, -0.2) is 9.97 Å². The third-order valence-electron chi connectivity index (χ3n) is 5.09. The standard InChI is InChI=1S/C22H26ClN5O3/c1-29-19-13-16-17(26-21-4-6-25-22(15-23)27-21)3-5-24-18(16)14-20(19)31-10-2-7-28-8-11-30-12-9-28/h3-6,13-14H,2,7-12,15H2,1H3,(H,24,25,26,27). The highest BCUT2D eigenvalue weighted by molar-refractivity contribution is 6.16. The van der Waals surface area contributed by atoms with E-state index in [9.17, 15) is 0 Å². The molecule has 1 aliphatic heterocycles. The summed E-state index contributed by atoms with van der Waals surface area (Å²) in [5.74, 6) is 2.84. The van der Waals surface area contributed by atoms with E-state index >= 15 is 0 Å². The molecule has 1 fully saturated rings. The number of alkyl halides is 1. The minimum Gasteiger partial charge on any atom is -0.493 e. The first-order chi connectivity index (χ1) is 15.3. The number of halogens is 1. The first kappa shape index (κ1) is 21.5. The fourth-order valence-corrected chi connectivity index (χ4v) is 3.63. The molecule has 0 radical (unpaired) electrons. The summed E-state index contributed by atoms with van der Waals surface area (Å²) in [6.45, 7) is 5.19. The molecule has 1 aliphatic rings. The van der Waals surface area contributed by atoms with Crippen LogP contribution in [0.25, 0.3) is 10.9 Å². The predicted octanol–water partition coefficient (Wildman–Crippen LogP) is 3.62. The van der Waals surface area contributed by atoms with Crippen molar-refractivity contribution in [3.8, 4) is 11.5 Å². The van der Waals surface area contributed by atoms with Crippen molar-refractivity contribution in [3.63, 3.8) is 0 Å². The molecular weight excluding hydrogens is 418 g/mol. The van der Waals surface area contributed by atoms with Gasteiger partial charge in [0.05, 0.1) is 44.0 Å². The van der Waals surface area contributed by atoms with Crippen LogP contribution in [0.15, 0.2) is 36.7 Å². The predicted molar refractivity (Wildman–Crippen MR) is 121 cm³/mol. The van der Waals surface area contributed by atoms with Crippen LogP contribution in [-0.4, -0.2) is 66.4 Å². The zero-order valence-electron chi connectivity index (χ0n) is 17.5. The SMILES string of the molecule is COc1cc2c(Nc3ccnc(CCl)n3)ccnc2cc1OCCCN1CCOCC1. The number of aromatic nitrogens is 3. The summed E-state index contributed by atoms with van der Waals surface area (Å²) in [6, 6.07) is 7.54. The Morgan fingerprint density at radius 2 is 1.97 bits per heavy atom. The molecule has 0 amide bonds. The molecule has 3 aromatic rings. The van der Waals surface area contributed by atoms with Gasteiger partial charge in [0, 0.05) is 43.5 Å². The number of methoxy groups -OCH3 is 1. The molecule has 31 heavy (non-hydrogen) atoms. The molecule has 0 bridgehead atoms. The number of hydrogen-bond acceptors (Lipinski definition) is 8. The van der Waals surface area contributed by atoms with Gasteiger partial charge in [0.2, 0.25) is 0 Å². The van der Waals surface area contributed by atoms with Crippen molar-refractivity contribution < 1.29 is 14.2 Å². The van der Waals surface area contributed by atoms with Crippen molar-refractivity contribution in [2.24, 2.45) is 0 Å². The summed E-state index contributed by atoms with van der Waals surface area (Å²) in [7, 11) is 1.64. The van der Waals surface area contributed by atoms with Gasteiger partial charge in [0.25, 0.3) is 0 Å².